The first-order chi connectivity index (χ1) is 26.7. The molecule has 0 aliphatic rings. The third-order valence-corrected chi connectivity index (χ3v) is 10.6. The van der Waals surface area contributed by atoms with Gasteiger partial charge in [0, 0.05) is 6.54 Å². The third kappa shape index (κ3) is 6.68. The topological polar surface area (TPSA) is 50.1 Å². The highest BCUT2D eigenvalue weighted by Crippen LogP contribution is 2.37. The van der Waals surface area contributed by atoms with Crippen LogP contribution in [0.4, 0.5) is 0 Å². The fourth-order valence-corrected chi connectivity index (χ4v) is 7.85. The first-order valence-electron chi connectivity index (χ1n) is 18.7. The highest BCUT2D eigenvalue weighted by Gasteiger charge is 2.23. The fourth-order valence-electron chi connectivity index (χ4n) is 7.85. The van der Waals surface area contributed by atoms with Gasteiger partial charge in [0.2, 0.25) is 0 Å². The van der Waals surface area contributed by atoms with Gasteiger partial charge in [-0.3, -0.25) is 10.6 Å². The van der Waals surface area contributed by atoms with Crippen LogP contribution in [0.1, 0.15) is 29.0 Å². The van der Waals surface area contributed by atoms with Crippen molar-refractivity contribution >= 4 is 32.3 Å². The van der Waals surface area contributed by atoms with Crippen molar-refractivity contribution in [2.24, 2.45) is 5.73 Å². The van der Waals surface area contributed by atoms with Crippen LogP contribution in [0.25, 0.3) is 65.7 Å². The van der Waals surface area contributed by atoms with Crippen molar-refractivity contribution in [3.05, 3.63) is 217 Å². The second-order valence-electron chi connectivity index (χ2n) is 13.9. The van der Waals surface area contributed by atoms with Gasteiger partial charge in [-0.15, -0.1) is 0 Å². The number of benzene rings is 9. The summed E-state index contributed by atoms with van der Waals surface area (Å²) in [6, 6.07) is 71.4. The Bertz CT molecular complexity index is 2690. The molecule has 3 nitrogen and oxygen atoms in total. The summed E-state index contributed by atoms with van der Waals surface area (Å²) in [7, 11) is 0. The van der Waals surface area contributed by atoms with Gasteiger partial charge >= 0.3 is 0 Å². The molecule has 0 saturated carbocycles. The molecule has 0 aliphatic carbocycles. The van der Waals surface area contributed by atoms with Crippen LogP contribution >= 0.6 is 0 Å². The van der Waals surface area contributed by atoms with Crippen molar-refractivity contribution in [1.29, 1.82) is 0 Å². The lowest BCUT2D eigenvalue weighted by molar-refractivity contribution is 0.390. The van der Waals surface area contributed by atoms with Crippen molar-refractivity contribution in [1.82, 2.24) is 10.6 Å². The van der Waals surface area contributed by atoms with E-state index in [1.54, 1.807) is 0 Å². The summed E-state index contributed by atoms with van der Waals surface area (Å²) in [5.41, 5.74) is 17.7. The summed E-state index contributed by atoms with van der Waals surface area (Å²) in [5.74, 6) is 0. The highest BCUT2D eigenvalue weighted by atomic mass is 15.2. The van der Waals surface area contributed by atoms with Crippen molar-refractivity contribution in [3.8, 4) is 33.4 Å². The Morgan fingerprint density at radius 2 is 0.944 bits per heavy atom. The lowest BCUT2D eigenvalue weighted by atomic mass is 9.91. The summed E-state index contributed by atoms with van der Waals surface area (Å²) in [6.45, 7) is 0.649. The molecule has 0 heterocycles. The van der Waals surface area contributed by atoms with Gasteiger partial charge in [-0.25, -0.2) is 0 Å². The Morgan fingerprint density at radius 1 is 0.407 bits per heavy atom. The maximum atomic E-state index is 7.20. The first kappa shape index (κ1) is 33.5. The number of hydrogen-bond acceptors (Lipinski definition) is 3. The molecule has 2 unspecified atom stereocenters. The van der Waals surface area contributed by atoms with Crippen LogP contribution in [0.5, 0.6) is 0 Å². The normalized spacial score (nSPS) is 12.6. The van der Waals surface area contributed by atoms with E-state index in [1.807, 2.05) is 6.07 Å². The predicted molar refractivity (Wildman–Crippen MR) is 228 cm³/mol. The number of rotatable bonds is 10. The lowest BCUT2D eigenvalue weighted by Gasteiger charge is -2.29. The van der Waals surface area contributed by atoms with Crippen molar-refractivity contribution in [2.45, 2.75) is 18.9 Å². The minimum Gasteiger partial charge on any atom is -0.312 e. The first-order valence-corrected chi connectivity index (χ1v) is 18.7. The van der Waals surface area contributed by atoms with Crippen LogP contribution in [0.2, 0.25) is 0 Å². The average molecular weight is 696 g/mol. The number of nitrogens with one attached hydrogen (secondary N) is 2. The molecule has 9 aromatic rings. The SMILES string of the molecule is NC(NC(NCc1ccc(-c2ccc(-c3ccccc3)cc2)cc1)c1c2ccccc2cc2c1ccc1ccccc12)c1ccccc1-c1ccccc1. The molecule has 0 spiro atoms. The summed E-state index contributed by atoms with van der Waals surface area (Å²) in [6.07, 6.45) is -0.724. The van der Waals surface area contributed by atoms with Crippen LogP contribution in [0, 0.1) is 0 Å². The molecule has 0 saturated heterocycles. The highest BCUT2D eigenvalue weighted by molar-refractivity contribution is 6.14. The van der Waals surface area contributed by atoms with Crippen molar-refractivity contribution < 1.29 is 0 Å². The van der Waals surface area contributed by atoms with Gasteiger partial charge in [0.25, 0.3) is 0 Å². The van der Waals surface area contributed by atoms with Crippen LogP contribution < -0.4 is 16.4 Å². The zero-order valence-corrected chi connectivity index (χ0v) is 30.0. The quantitative estimate of drug-likeness (QED) is 0.0758. The van der Waals surface area contributed by atoms with Gasteiger partial charge in [-0.1, -0.05) is 194 Å². The molecule has 0 aromatic heterocycles. The second kappa shape index (κ2) is 14.9. The largest absolute Gasteiger partial charge is 0.312 e. The summed E-state index contributed by atoms with van der Waals surface area (Å²) < 4.78 is 0. The Morgan fingerprint density at radius 3 is 1.65 bits per heavy atom. The monoisotopic (exact) mass is 695 g/mol. The molecule has 9 aromatic carbocycles. The van der Waals surface area contributed by atoms with E-state index in [4.69, 9.17) is 5.73 Å². The molecule has 2 atom stereocenters. The number of fused-ring (bicyclic) bond motifs is 4. The van der Waals surface area contributed by atoms with Crippen LogP contribution in [0.15, 0.2) is 200 Å². The molecule has 0 amide bonds. The average Bonchev–Trinajstić information content (AvgIpc) is 3.25. The molecule has 9 rings (SSSR count). The van der Waals surface area contributed by atoms with E-state index in [1.165, 1.54) is 65.7 Å². The van der Waals surface area contributed by atoms with Crippen LogP contribution in [-0.2, 0) is 6.54 Å². The van der Waals surface area contributed by atoms with Crippen LogP contribution in [0.3, 0.4) is 0 Å². The maximum absolute atomic E-state index is 7.20. The van der Waals surface area contributed by atoms with E-state index >= 15 is 0 Å². The summed E-state index contributed by atoms with van der Waals surface area (Å²) in [4.78, 5) is 0. The Labute approximate surface area is 316 Å². The van der Waals surface area contributed by atoms with Gasteiger partial charge in [-0.05, 0) is 88.5 Å². The van der Waals surface area contributed by atoms with Gasteiger partial charge in [0.05, 0.1) is 12.3 Å². The Balaban J connectivity index is 1.08. The predicted octanol–water partition coefficient (Wildman–Crippen LogP) is 12.2. The fraction of sp³-hybridized carbons (Fsp3) is 0.0588. The molecule has 4 N–H and O–H groups in total. The smallest absolute Gasteiger partial charge is 0.0864 e. The van der Waals surface area contributed by atoms with E-state index < -0.39 is 6.17 Å². The number of nitrogens with two attached hydrogens (primary N) is 1. The third-order valence-electron chi connectivity index (χ3n) is 10.6. The van der Waals surface area contributed by atoms with E-state index in [2.05, 4.69) is 205 Å². The zero-order valence-electron chi connectivity index (χ0n) is 30.0. The minimum atomic E-state index is -0.449. The van der Waals surface area contributed by atoms with Gasteiger partial charge < -0.3 is 5.73 Å². The molecule has 260 valence electrons. The van der Waals surface area contributed by atoms with Gasteiger partial charge in [-0.2, -0.15) is 0 Å². The summed E-state index contributed by atoms with van der Waals surface area (Å²) >= 11 is 0. The molecule has 54 heavy (non-hydrogen) atoms. The van der Waals surface area contributed by atoms with E-state index in [0.717, 1.165) is 16.7 Å². The number of hydrogen-bond donors (Lipinski definition) is 3. The Kier molecular flexibility index (Phi) is 9.26. The molecule has 0 aliphatic heterocycles. The Hall–Kier alpha value is -6.36. The van der Waals surface area contributed by atoms with Gasteiger partial charge in [0.1, 0.15) is 0 Å². The van der Waals surface area contributed by atoms with Crippen molar-refractivity contribution in [2.75, 3.05) is 0 Å². The maximum Gasteiger partial charge on any atom is 0.0864 e. The van der Waals surface area contributed by atoms with Gasteiger partial charge in [0.15, 0.2) is 0 Å². The van der Waals surface area contributed by atoms with Crippen LogP contribution in [-0.4, -0.2) is 0 Å². The molecule has 3 heteroatoms. The molecular formula is C51H41N3. The molecule has 0 fully saturated rings. The van der Waals surface area contributed by atoms with E-state index in [-0.39, 0.29) is 6.17 Å². The van der Waals surface area contributed by atoms with E-state index in [0.29, 0.717) is 6.54 Å². The molecular weight excluding hydrogens is 655 g/mol. The second-order valence-corrected chi connectivity index (χ2v) is 13.9. The zero-order chi connectivity index (χ0) is 36.3. The summed E-state index contributed by atoms with van der Waals surface area (Å²) in [5, 5.41) is 15.1. The standard InChI is InChI=1S/C51H41N3/c52-50(47-22-12-11-19-43(47)40-15-5-2-6-16-40)54-51(49-45-21-10-8-18-42(45)33-48-44-20-9-7-17-41(44)31-32-46(48)49)53-34-35-23-25-37(26-24-35)39-29-27-38(28-30-39)36-13-3-1-4-14-36/h1-33,50-51,53-54H,34,52H2. The molecule has 0 bridgehead atoms. The van der Waals surface area contributed by atoms with Crippen molar-refractivity contribution in [3.63, 3.8) is 0 Å². The van der Waals surface area contributed by atoms with E-state index in [9.17, 15) is 0 Å². The lowest BCUT2D eigenvalue weighted by Crippen LogP contribution is -2.40. The minimum absolute atomic E-state index is 0.274. The molecule has 0 radical (unpaired) electrons.